The normalized spacial score (nSPS) is 12.6. The van der Waals surface area contributed by atoms with E-state index in [2.05, 4.69) is 27.5 Å². The smallest absolute Gasteiger partial charge is 0.213 e. The number of hydrogen-bond donors (Lipinski definition) is 2. The van der Waals surface area contributed by atoms with Gasteiger partial charge < -0.3 is 10.6 Å². The first-order valence-corrected chi connectivity index (χ1v) is 11.2. The molecule has 144 valence electrons. The Labute approximate surface area is 156 Å². The maximum absolute atomic E-state index is 11.7. The van der Waals surface area contributed by atoms with Gasteiger partial charge in [0.1, 0.15) is 0 Å². The summed E-state index contributed by atoms with van der Waals surface area (Å²) in [5.74, 6) is 0.892. The molecule has 0 fully saturated rings. The summed E-state index contributed by atoms with van der Waals surface area (Å²) in [6.07, 6.45) is 4.53. The molecule has 25 heavy (non-hydrogen) atoms. The largest absolute Gasteiger partial charge is 0.357 e. The summed E-state index contributed by atoms with van der Waals surface area (Å²) in [5.41, 5.74) is 0. The van der Waals surface area contributed by atoms with Crippen LogP contribution in [0, 0.1) is 0 Å². The zero-order valence-corrected chi connectivity index (χ0v) is 17.3. The molecule has 7 nitrogen and oxygen atoms in total. The molecule has 0 aliphatic heterocycles. The average molecular weight is 390 g/mol. The van der Waals surface area contributed by atoms with Crippen molar-refractivity contribution in [3.63, 3.8) is 0 Å². The molecule has 0 radical (unpaired) electrons. The van der Waals surface area contributed by atoms with Gasteiger partial charge in [0, 0.05) is 50.7 Å². The van der Waals surface area contributed by atoms with Gasteiger partial charge in [0.25, 0.3) is 0 Å². The maximum atomic E-state index is 11.7. The van der Waals surface area contributed by atoms with Crippen molar-refractivity contribution >= 4 is 27.3 Å². The van der Waals surface area contributed by atoms with Crippen LogP contribution in [-0.2, 0) is 22.9 Å². The Bertz CT molecular complexity index is 628. The Morgan fingerprint density at radius 3 is 2.68 bits per heavy atom. The van der Waals surface area contributed by atoms with Gasteiger partial charge in [-0.25, -0.2) is 17.7 Å². The maximum Gasteiger partial charge on any atom is 0.213 e. The lowest BCUT2D eigenvalue weighted by atomic mass is 10.4. The van der Waals surface area contributed by atoms with E-state index in [0.29, 0.717) is 19.5 Å². The monoisotopic (exact) mass is 389 g/mol. The van der Waals surface area contributed by atoms with Gasteiger partial charge in [-0.1, -0.05) is 6.92 Å². The minimum atomic E-state index is -3.11. The molecule has 0 amide bonds. The van der Waals surface area contributed by atoms with Crippen LogP contribution in [0.3, 0.4) is 0 Å². The van der Waals surface area contributed by atoms with Gasteiger partial charge in [0.2, 0.25) is 10.0 Å². The molecule has 1 aromatic rings. The molecule has 0 saturated carbocycles. The second kappa shape index (κ2) is 11.4. The van der Waals surface area contributed by atoms with Gasteiger partial charge >= 0.3 is 0 Å². The summed E-state index contributed by atoms with van der Waals surface area (Å²) in [7, 11) is -1.49. The number of nitrogens with zero attached hydrogens (tertiary/aromatic N) is 3. The molecule has 9 heteroatoms. The number of aryl methyl sites for hydroxylation is 1. The molecule has 0 unspecified atom stereocenters. The van der Waals surface area contributed by atoms with E-state index in [1.54, 1.807) is 25.3 Å². The summed E-state index contributed by atoms with van der Waals surface area (Å²) in [5, 5.41) is 7.64. The minimum absolute atomic E-state index is 0.132. The number of sulfonamides is 1. The van der Waals surface area contributed by atoms with Crippen molar-refractivity contribution in [2.24, 2.45) is 4.99 Å². The van der Waals surface area contributed by atoms with Crippen molar-refractivity contribution in [1.82, 2.24) is 19.9 Å². The van der Waals surface area contributed by atoms with Gasteiger partial charge in [-0.15, -0.1) is 11.3 Å². The summed E-state index contributed by atoms with van der Waals surface area (Å²) in [4.78, 5) is 10.2. The summed E-state index contributed by atoms with van der Waals surface area (Å²) in [6, 6.07) is 0. The predicted octanol–water partition coefficient (Wildman–Crippen LogP) is 1.47. The Morgan fingerprint density at radius 1 is 1.32 bits per heavy atom. The van der Waals surface area contributed by atoms with Crippen LogP contribution in [0.5, 0.6) is 0 Å². The number of guanidine groups is 1. The van der Waals surface area contributed by atoms with Crippen LogP contribution in [0.2, 0.25) is 0 Å². The zero-order valence-electron chi connectivity index (χ0n) is 15.7. The molecule has 0 aliphatic rings. The fourth-order valence-electron chi connectivity index (χ4n) is 2.10. The van der Waals surface area contributed by atoms with E-state index in [9.17, 15) is 8.42 Å². The van der Waals surface area contributed by atoms with Crippen molar-refractivity contribution < 1.29 is 8.42 Å². The Morgan fingerprint density at radius 2 is 2.08 bits per heavy atom. The minimum Gasteiger partial charge on any atom is -0.357 e. The van der Waals surface area contributed by atoms with Crippen LogP contribution in [-0.4, -0.2) is 62.6 Å². The summed E-state index contributed by atoms with van der Waals surface area (Å²) in [6.45, 7) is 8.43. The van der Waals surface area contributed by atoms with E-state index in [-0.39, 0.29) is 5.75 Å². The van der Waals surface area contributed by atoms with Crippen LogP contribution in [0.4, 0.5) is 0 Å². The molecule has 1 rings (SSSR count). The van der Waals surface area contributed by atoms with E-state index in [4.69, 9.17) is 0 Å². The lowest BCUT2D eigenvalue weighted by Gasteiger charge is -2.15. The highest BCUT2D eigenvalue weighted by molar-refractivity contribution is 7.89. The molecule has 0 atom stereocenters. The molecule has 2 N–H and O–H groups in total. The van der Waals surface area contributed by atoms with Gasteiger partial charge in [0.15, 0.2) is 5.96 Å². The number of hydrogen-bond acceptors (Lipinski definition) is 5. The zero-order chi connectivity index (χ0) is 18.7. The number of aliphatic imine (C=N–C) groups is 1. The number of thiazole rings is 1. The van der Waals surface area contributed by atoms with Crippen LogP contribution in [0.25, 0.3) is 0 Å². The highest BCUT2D eigenvalue weighted by atomic mass is 32.2. The molecular weight excluding hydrogens is 358 g/mol. The van der Waals surface area contributed by atoms with Crippen molar-refractivity contribution in [2.45, 2.75) is 40.0 Å². The Hall–Kier alpha value is -1.19. The summed E-state index contributed by atoms with van der Waals surface area (Å²) < 4.78 is 24.8. The first-order valence-electron chi connectivity index (χ1n) is 8.82. The highest BCUT2D eigenvalue weighted by Gasteiger charge is 2.13. The summed E-state index contributed by atoms with van der Waals surface area (Å²) >= 11 is 1.75. The lowest BCUT2D eigenvalue weighted by Crippen LogP contribution is -2.38. The van der Waals surface area contributed by atoms with E-state index < -0.39 is 10.0 Å². The third-order valence-corrected chi connectivity index (χ3v) is 6.73. The number of rotatable bonds is 11. The highest BCUT2D eigenvalue weighted by Crippen LogP contribution is 2.13. The lowest BCUT2D eigenvalue weighted by molar-refractivity contribution is 0.465. The second-order valence-corrected chi connectivity index (χ2v) is 9.15. The predicted molar refractivity (Wildman–Crippen MR) is 106 cm³/mol. The quantitative estimate of drug-likeness (QED) is 0.340. The third kappa shape index (κ3) is 8.15. The van der Waals surface area contributed by atoms with Gasteiger partial charge in [-0.05, 0) is 26.7 Å². The van der Waals surface area contributed by atoms with Crippen molar-refractivity contribution in [2.75, 3.05) is 39.0 Å². The van der Waals surface area contributed by atoms with E-state index >= 15 is 0 Å². The Balaban J connectivity index is 2.38. The molecule has 1 aromatic heterocycles. The number of nitrogens with one attached hydrogen (secondary N) is 2. The van der Waals surface area contributed by atoms with Crippen molar-refractivity contribution in [1.29, 1.82) is 0 Å². The van der Waals surface area contributed by atoms with E-state index in [0.717, 1.165) is 36.9 Å². The van der Waals surface area contributed by atoms with Crippen LogP contribution in [0.1, 0.15) is 37.1 Å². The van der Waals surface area contributed by atoms with Crippen molar-refractivity contribution in [3.8, 4) is 0 Å². The molecule has 0 aliphatic carbocycles. The molecule has 0 spiro atoms. The first kappa shape index (κ1) is 21.9. The molecule has 0 aromatic carbocycles. The van der Waals surface area contributed by atoms with Crippen LogP contribution < -0.4 is 10.6 Å². The molecule has 0 bridgehead atoms. The average Bonchev–Trinajstić information content (AvgIpc) is 3.06. The fraction of sp³-hybridized carbons (Fsp3) is 0.750. The SMILES string of the molecule is CCNC(=NCCCN(C)S(=O)(=O)CC)NCCc1ncc(CC)s1. The van der Waals surface area contributed by atoms with E-state index in [1.807, 2.05) is 13.1 Å². The molecular formula is C16H31N5O2S2. The standard InChI is InChI=1S/C16H31N5O2S2/c1-5-14-13-20-15(24-14)9-11-19-16(17-6-2)18-10-8-12-21(4)25(22,23)7-3/h13H,5-12H2,1-4H3,(H2,17,18,19). The van der Waals surface area contributed by atoms with Gasteiger partial charge in [-0.2, -0.15) is 0 Å². The molecule has 1 heterocycles. The molecule has 0 saturated heterocycles. The Kier molecular flexibility index (Phi) is 9.99. The third-order valence-electron chi connectivity index (χ3n) is 3.67. The van der Waals surface area contributed by atoms with Gasteiger partial charge in [0.05, 0.1) is 10.8 Å². The van der Waals surface area contributed by atoms with Crippen LogP contribution >= 0.6 is 11.3 Å². The fourth-order valence-corrected chi connectivity index (χ4v) is 3.81. The van der Waals surface area contributed by atoms with Gasteiger partial charge in [-0.3, -0.25) is 4.99 Å². The topological polar surface area (TPSA) is 86.7 Å². The second-order valence-electron chi connectivity index (χ2n) is 5.59. The van der Waals surface area contributed by atoms with Crippen molar-refractivity contribution in [3.05, 3.63) is 16.1 Å². The van der Waals surface area contributed by atoms with Crippen LogP contribution in [0.15, 0.2) is 11.2 Å². The van der Waals surface area contributed by atoms with E-state index in [1.165, 1.54) is 9.18 Å². The first-order chi connectivity index (χ1) is 11.9. The number of aromatic nitrogens is 1.